The molecular formula is C14H18F2N2O2. The fourth-order valence-electron chi connectivity index (χ4n) is 1.81. The van der Waals surface area contributed by atoms with Crippen LogP contribution in [0.1, 0.15) is 31.4 Å². The second-order valence-corrected chi connectivity index (χ2v) is 5.09. The Labute approximate surface area is 116 Å². The van der Waals surface area contributed by atoms with E-state index in [1.807, 2.05) is 0 Å². The lowest BCUT2D eigenvalue weighted by Crippen LogP contribution is -2.44. The monoisotopic (exact) mass is 284 g/mol. The zero-order valence-electron chi connectivity index (χ0n) is 11.2. The third-order valence-electron chi connectivity index (χ3n) is 3.25. The lowest BCUT2D eigenvalue weighted by atomic mass is 10.1. The van der Waals surface area contributed by atoms with E-state index in [1.165, 1.54) is 0 Å². The molecule has 0 spiro atoms. The number of carbonyl (C=O) groups excluding carboxylic acids is 1. The molecule has 110 valence electrons. The zero-order valence-corrected chi connectivity index (χ0v) is 11.2. The molecule has 0 bridgehead atoms. The molecule has 1 aromatic carbocycles. The lowest BCUT2D eigenvalue weighted by molar-refractivity contribution is -0.123. The van der Waals surface area contributed by atoms with E-state index >= 15 is 0 Å². The SMILES string of the molecule is CC(NCC(O)c1cc(F)ccc1F)C(=O)NC1CC1. The number of hydrogen-bond donors (Lipinski definition) is 3. The molecule has 0 aliphatic heterocycles. The number of hydrogen-bond acceptors (Lipinski definition) is 3. The predicted molar refractivity (Wildman–Crippen MR) is 69.9 cm³/mol. The Morgan fingerprint density at radius 2 is 2.15 bits per heavy atom. The van der Waals surface area contributed by atoms with E-state index < -0.39 is 23.8 Å². The van der Waals surface area contributed by atoms with Gasteiger partial charge in [-0.05, 0) is 38.0 Å². The first kappa shape index (κ1) is 14.9. The molecule has 20 heavy (non-hydrogen) atoms. The van der Waals surface area contributed by atoms with Crippen LogP contribution < -0.4 is 10.6 Å². The molecule has 6 heteroatoms. The summed E-state index contributed by atoms with van der Waals surface area (Å²) in [7, 11) is 0. The van der Waals surface area contributed by atoms with Crippen LogP contribution in [0.4, 0.5) is 8.78 Å². The van der Waals surface area contributed by atoms with Crippen molar-refractivity contribution >= 4 is 5.91 Å². The highest BCUT2D eigenvalue weighted by Gasteiger charge is 2.25. The molecule has 1 fully saturated rings. The normalized spacial score (nSPS) is 17.6. The Kier molecular flexibility index (Phi) is 4.67. The summed E-state index contributed by atoms with van der Waals surface area (Å²) in [5, 5.41) is 15.5. The molecule has 0 saturated heterocycles. The smallest absolute Gasteiger partial charge is 0.237 e. The van der Waals surface area contributed by atoms with Gasteiger partial charge in [0.15, 0.2) is 0 Å². The zero-order chi connectivity index (χ0) is 14.7. The maximum atomic E-state index is 13.4. The van der Waals surface area contributed by atoms with Crippen molar-refractivity contribution in [2.75, 3.05) is 6.54 Å². The number of aliphatic hydroxyl groups is 1. The van der Waals surface area contributed by atoms with Crippen LogP contribution in [-0.4, -0.2) is 29.6 Å². The van der Waals surface area contributed by atoms with Gasteiger partial charge in [-0.25, -0.2) is 8.78 Å². The van der Waals surface area contributed by atoms with Crippen LogP contribution in [0.2, 0.25) is 0 Å². The van der Waals surface area contributed by atoms with Gasteiger partial charge in [-0.15, -0.1) is 0 Å². The van der Waals surface area contributed by atoms with Crippen molar-refractivity contribution in [1.82, 2.24) is 10.6 Å². The average molecular weight is 284 g/mol. The maximum absolute atomic E-state index is 13.4. The number of carbonyl (C=O) groups is 1. The molecule has 0 heterocycles. The molecule has 1 amide bonds. The Morgan fingerprint density at radius 1 is 1.45 bits per heavy atom. The van der Waals surface area contributed by atoms with E-state index in [2.05, 4.69) is 10.6 Å². The molecule has 2 rings (SSSR count). The summed E-state index contributed by atoms with van der Waals surface area (Å²) in [6, 6.07) is 2.68. The van der Waals surface area contributed by atoms with Crippen molar-refractivity contribution in [2.24, 2.45) is 0 Å². The summed E-state index contributed by atoms with van der Waals surface area (Å²) in [6.45, 7) is 1.63. The van der Waals surface area contributed by atoms with E-state index in [1.54, 1.807) is 6.92 Å². The van der Waals surface area contributed by atoms with Gasteiger partial charge < -0.3 is 15.7 Å². The third-order valence-corrected chi connectivity index (χ3v) is 3.25. The first-order chi connectivity index (χ1) is 9.47. The van der Waals surface area contributed by atoms with Crippen LogP contribution >= 0.6 is 0 Å². The van der Waals surface area contributed by atoms with E-state index in [9.17, 15) is 18.7 Å². The average Bonchev–Trinajstić information content (AvgIpc) is 3.22. The summed E-state index contributed by atoms with van der Waals surface area (Å²) in [4.78, 5) is 11.7. The Balaban J connectivity index is 1.85. The minimum absolute atomic E-state index is 0.0281. The second-order valence-electron chi connectivity index (χ2n) is 5.09. The Hall–Kier alpha value is -1.53. The summed E-state index contributed by atoms with van der Waals surface area (Å²) < 4.78 is 26.5. The molecule has 3 N–H and O–H groups in total. The van der Waals surface area contributed by atoms with E-state index in [0.29, 0.717) is 0 Å². The standard InChI is InChI=1S/C14H18F2N2O2/c1-8(14(20)18-10-3-4-10)17-7-13(19)11-6-9(15)2-5-12(11)16/h2,5-6,8,10,13,17,19H,3-4,7H2,1H3,(H,18,20). The minimum atomic E-state index is -1.21. The van der Waals surface area contributed by atoms with Gasteiger partial charge in [-0.2, -0.15) is 0 Å². The number of benzene rings is 1. The van der Waals surface area contributed by atoms with Gasteiger partial charge in [0.25, 0.3) is 0 Å². The third kappa shape index (κ3) is 3.98. The molecule has 1 saturated carbocycles. The minimum Gasteiger partial charge on any atom is -0.387 e. The molecule has 2 unspecified atom stereocenters. The van der Waals surface area contributed by atoms with Gasteiger partial charge in [0.1, 0.15) is 11.6 Å². The molecule has 2 atom stereocenters. The highest BCUT2D eigenvalue weighted by atomic mass is 19.1. The highest BCUT2D eigenvalue weighted by molar-refractivity contribution is 5.81. The quantitative estimate of drug-likeness (QED) is 0.737. The van der Waals surface area contributed by atoms with Gasteiger partial charge in [-0.1, -0.05) is 0 Å². The van der Waals surface area contributed by atoms with Crippen LogP contribution in [-0.2, 0) is 4.79 Å². The fraction of sp³-hybridized carbons (Fsp3) is 0.500. The molecule has 1 aliphatic rings. The van der Waals surface area contributed by atoms with Gasteiger partial charge >= 0.3 is 0 Å². The van der Waals surface area contributed by atoms with E-state index in [0.717, 1.165) is 31.0 Å². The van der Waals surface area contributed by atoms with Crippen LogP contribution in [0, 0.1) is 11.6 Å². The molecule has 1 aromatic rings. The lowest BCUT2D eigenvalue weighted by Gasteiger charge is -2.17. The highest BCUT2D eigenvalue weighted by Crippen LogP contribution is 2.19. The summed E-state index contributed by atoms with van der Waals surface area (Å²) in [5.74, 6) is -1.44. The van der Waals surface area contributed by atoms with Crippen molar-refractivity contribution < 1.29 is 18.7 Å². The fourth-order valence-corrected chi connectivity index (χ4v) is 1.81. The van der Waals surface area contributed by atoms with Crippen LogP contribution in [0.5, 0.6) is 0 Å². The largest absolute Gasteiger partial charge is 0.387 e. The van der Waals surface area contributed by atoms with Crippen molar-refractivity contribution in [3.05, 3.63) is 35.4 Å². The van der Waals surface area contributed by atoms with Crippen molar-refractivity contribution in [3.63, 3.8) is 0 Å². The van der Waals surface area contributed by atoms with Gasteiger partial charge in [0.2, 0.25) is 5.91 Å². The molecule has 0 aromatic heterocycles. The molecule has 0 radical (unpaired) electrons. The van der Waals surface area contributed by atoms with E-state index in [-0.39, 0.29) is 24.1 Å². The van der Waals surface area contributed by atoms with Crippen molar-refractivity contribution in [3.8, 4) is 0 Å². The number of amides is 1. The second kappa shape index (κ2) is 6.28. The van der Waals surface area contributed by atoms with Crippen LogP contribution in [0.3, 0.4) is 0 Å². The molecule has 1 aliphatic carbocycles. The Bertz CT molecular complexity index is 492. The van der Waals surface area contributed by atoms with Crippen molar-refractivity contribution in [2.45, 2.75) is 38.0 Å². The number of nitrogens with one attached hydrogen (secondary N) is 2. The van der Waals surface area contributed by atoms with Crippen LogP contribution in [0.15, 0.2) is 18.2 Å². The predicted octanol–water partition coefficient (Wildman–Crippen LogP) is 1.25. The molecule has 4 nitrogen and oxygen atoms in total. The summed E-state index contributed by atoms with van der Waals surface area (Å²) in [6.07, 6.45) is 0.785. The Morgan fingerprint density at radius 3 is 2.80 bits per heavy atom. The van der Waals surface area contributed by atoms with Gasteiger partial charge in [0.05, 0.1) is 12.1 Å². The van der Waals surface area contributed by atoms with Gasteiger partial charge in [-0.3, -0.25) is 4.79 Å². The number of rotatable bonds is 6. The van der Waals surface area contributed by atoms with E-state index in [4.69, 9.17) is 0 Å². The maximum Gasteiger partial charge on any atom is 0.237 e. The number of aliphatic hydroxyl groups excluding tert-OH is 1. The van der Waals surface area contributed by atoms with Crippen LogP contribution in [0.25, 0.3) is 0 Å². The first-order valence-electron chi connectivity index (χ1n) is 6.64. The number of halogens is 2. The van der Waals surface area contributed by atoms with Gasteiger partial charge in [0, 0.05) is 18.2 Å². The summed E-state index contributed by atoms with van der Waals surface area (Å²) in [5.41, 5.74) is -0.118. The topological polar surface area (TPSA) is 61.4 Å². The van der Waals surface area contributed by atoms with Crippen molar-refractivity contribution in [1.29, 1.82) is 0 Å². The first-order valence-corrected chi connectivity index (χ1v) is 6.64. The molecular weight excluding hydrogens is 266 g/mol. The summed E-state index contributed by atoms with van der Waals surface area (Å²) >= 11 is 0.